The van der Waals surface area contributed by atoms with Crippen LogP contribution in [0.1, 0.15) is 12.5 Å². The lowest BCUT2D eigenvalue weighted by Crippen LogP contribution is -2.56. The highest BCUT2D eigenvalue weighted by atomic mass is 19.1. The number of benzene rings is 2. The number of nitrogens with one attached hydrogen (secondary N) is 1. The Morgan fingerprint density at radius 3 is 2.68 bits per heavy atom. The first-order valence-corrected chi connectivity index (χ1v) is 7.73. The van der Waals surface area contributed by atoms with E-state index in [1.54, 1.807) is 12.1 Å². The van der Waals surface area contributed by atoms with E-state index in [0.29, 0.717) is 0 Å². The van der Waals surface area contributed by atoms with Crippen molar-refractivity contribution in [2.45, 2.75) is 12.6 Å². The molecule has 0 radical (unpaired) electrons. The van der Waals surface area contributed by atoms with E-state index in [4.69, 9.17) is 4.74 Å². The van der Waals surface area contributed by atoms with Crippen molar-refractivity contribution in [3.8, 4) is 16.9 Å². The first-order chi connectivity index (χ1) is 10.7. The monoisotopic (exact) mass is 298 g/mol. The maximum atomic E-state index is 13.7. The fourth-order valence-electron chi connectivity index (χ4n) is 3.52. The van der Waals surface area contributed by atoms with Crippen LogP contribution >= 0.6 is 0 Å². The van der Waals surface area contributed by atoms with E-state index in [9.17, 15) is 4.39 Å². The highest BCUT2D eigenvalue weighted by Crippen LogP contribution is 2.46. The van der Waals surface area contributed by atoms with Crippen LogP contribution in [0.4, 0.5) is 4.39 Å². The molecule has 4 rings (SSSR count). The van der Waals surface area contributed by atoms with Gasteiger partial charge in [-0.1, -0.05) is 24.3 Å². The SMILES string of the molecule is CC1(N2CCNCC2)Oc2ccc(F)cc2-c2ccccc21. The van der Waals surface area contributed by atoms with E-state index in [-0.39, 0.29) is 5.82 Å². The van der Waals surface area contributed by atoms with Gasteiger partial charge in [-0.15, -0.1) is 0 Å². The van der Waals surface area contributed by atoms with Gasteiger partial charge in [-0.25, -0.2) is 4.39 Å². The van der Waals surface area contributed by atoms with Gasteiger partial charge in [0.25, 0.3) is 0 Å². The van der Waals surface area contributed by atoms with Gasteiger partial charge in [0.1, 0.15) is 11.6 Å². The van der Waals surface area contributed by atoms with Gasteiger partial charge in [-0.3, -0.25) is 4.90 Å². The highest BCUT2D eigenvalue weighted by molar-refractivity contribution is 5.76. The first kappa shape index (κ1) is 13.7. The molecule has 2 aromatic rings. The van der Waals surface area contributed by atoms with Crippen molar-refractivity contribution in [2.75, 3.05) is 26.2 Å². The Morgan fingerprint density at radius 2 is 1.86 bits per heavy atom. The van der Waals surface area contributed by atoms with Crippen LogP contribution in [0.25, 0.3) is 11.1 Å². The molecule has 0 aromatic heterocycles. The van der Waals surface area contributed by atoms with Gasteiger partial charge in [-0.05, 0) is 30.7 Å². The number of nitrogens with zero attached hydrogens (tertiary/aromatic N) is 1. The highest BCUT2D eigenvalue weighted by Gasteiger charge is 2.42. The van der Waals surface area contributed by atoms with Gasteiger partial charge < -0.3 is 10.1 Å². The number of hydrogen-bond donors (Lipinski definition) is 1. The molecule has 2 aliphatic rings. The minimum atomic E-state index is -0.510. The zero-order chi connectivity index (χ0) is 15.2. The predicted octanol–water partition coefficient (Wildman–Crippen LogP) is 2.96. The Morgan fingerprint density at radius 1 is 1.09 bits per heavy atom. The molecular weight excluding hydrogens is 279 g/mol. The van der Waals surface area contributed by atoms with Crippen LogP contribution in [-0.2, 0) is 5.72 Å². The molecule has 0 amide bonds. The van der Waals surface area contributed by atoms with Crippen molar-refractivity contribution in [1.29, 1.82) is 0 Å². The van der Waals surface area contributed by atoms with E-state index in [0.717, 1.165) is 48.6 Å². The number of halogens is 1. The number of rotatable bonds is 1. The summed E-state index contributed by atoms with van der Waals surface area (Å²) in [5.74, 6) is 0.518. The molecule has 22 heavy (non-hydrogen) atoms. The molecule has 0 aliphatic carbocycles. The molecule has 1 N–H and O–H groups in total. The third-order valence-electron chi connectivity index (χ3n) is 4.69. The fraction of sp³-hybridized carbons (Fsp3) is 0.333. The molecule has 114 valence electrons. The second-order valence-electron chi connectivity index (χ2n) is 6.01. The Balaban J connectivity index is 1.88. The van der Waals surface area contributed by atoms with Crippen molar-refractivity contribution < 1.29 is 9.13 Å². The van der Waals surface area contributed by atoms with Crippen LogP contribution in [0.5, 0.6) is 5.75 Å². The van der Waals surface area contributed by atoms with Gasteiger partial charge in [0.05, 0.1) is 0 Å². The predicted molar refractivity (Wildman–Crippen MR) is 84.3 cm³/mol. The van der Waals surface area contributed by atoms with Crippen molar-refractivity contribution >= 4 is 0 Å². The third kappa shape index (κ3) is 2.02. The lowest BCUT2D eigenvalue weighted by molar-refractivity contribution is -0.0845. The summed E-state index contributed by atoms with van der Waals surface area (Å²) in [6.45, 7) is 5.89. The molecule has 2 aliphatic heterocycles. The first-order valence-electron chi connectivity index (χ1n) is 7.73. The summed E-state index contributed by atoms with van der Waals surface area (Å²) in [5, 5.41) is 3.37. The standard InChI is InChI=1S/C18H19FN2O/c1-18(21-10-8-20-9-11-21)16-5-3-2-4-14(16)15-12-13(19)6-7-17(15)22-18/h2-7,12,20H,8-11H2,1H3. The maximum absolute atomic E-state index is 13.7. The summed E-state index contributed by atoms with van der Waals surface area (Å²) in [6.07, 6.45) is 0. The van der Waals surface area contributed by atoms with Crippen LogP contribution in [0.15, 0.2) is 42.5 Å². The maximum Gasteiger partial charge on any atom is 0.187 e. The van der Waals surface area contributed by atoms with Gasteiger partial charge in [0.2, 0.25) is 0 Å². The number of hydrogen-bond acceptors (Lipinski definition) is 3. The van der Waals surface area contributed by atoms with E-state index >= 15 is 0 Å². The molecule has 1 unspecified atom stereocenters. The summed E-state index contributed by atoms with van der Waals surface area (Å²) < 4.78 is 20.0. The Labute approximate surface area is 129 Å². The topological polar surface area (TPSA) is 24.5 Å². The summed E-state index contributed by atoms with van der Waals surface area (Å²) in [5.41, 5.74) is 2.49. The van der Waals surface area contributed by atoms with Crippen molar-refractivity contribution in [3.63, 3.8) is 0 Å². The van der Waals surface area contributed by atoms with Gasteiger partial charge >= 0.3 is 0 Å². The van der Waals surface area contributed by atoms with Crippen LogP contribution in [-0.4, -0.2) is 31.1 Å². The smallest absolute Gasteiger partial charge is 0.187 e. The summed E-state index contributed by atoms with van der Waals surface area (Å²) >= 11 is 0. The largest absolute Gasteiger partial charge is 0.468 e. The second kappa shape index (κ2) is 5.07. The molecule has 0 spiro atoms. The zero-order valence-electron chi connectivity index (χ0n) is 12.6. The van der Waals surface area contributed by atoms with E-state index in [2.05, 4.69) is 29.3 Å². The van der Waals surface area contributed by atoms with Crippen LogP contribution in [0.3, 0.4) is 0 Å². The van der Waals surface area contributed by atoms with Gasteiger partial charge in [0, 0.05) is 37.3 Å². The molecule has 3 nitrogen and oxygen atoms in total. The molecule has 0 saturated carbocycles. The quantitative estimate of drug-likeness (QED) is 0.876. The van der Waals surface area contributed by atoms with Crippen LogP contribution in [0.2, 0.25) is 0 Å². The summed E-state index contributed by atoms with van der Waals surface area (Å²) in [7, 11) is 0. The Hall–Kier alpha value is -1.91. The average molecular weight is 298 g/mol. The molecule has 4 heteroatoms. The van der Waals surface area contributed by atoms with Crippen molar-refractivity contribution in [2.24, 2.45) is 0 Å². The molecular formula is C18H19FN2O. The Kier molecular flexibility index (Phi) is 3.17. The van der Waals surface area contributed by atoms with Crippen molar-refractivity contribution in [1.82, 2.24) is 10.2 Å². The van der Waals surface area contributed by atoms with Gasteiger partial charge in [-0.2, -0.15) is 0 Å². The lowest BCUT2D eigenvalue weighted by atomic mass is 9.88. The number of piperazine rings is 1. The molecule has 2 heterocycles. The van der Waals surface area contributed by atoms with Crippen LogP contribution < -0.4 is 10.1 Å². The normalized spacial score (nSPS) is 24.3. The molecule has 1 fully saturated rings. The molecule has 0 bridgehead atoms. The molecule has 2 aromatic carbocycles. The average Bonchev–Trinajstić information content (AvgIpc) is 2.57. The number of ether oxygens (including phenoxy) is 1. The third-order valence-corrected chi connectivity index (χ3v) is 4.69. The molecule has 1 atom stereocenters. The minimum absolute atomic E-state index is 0.233. The minimum Gasteiger partial charge on any atom is -0.468 e. The zero-order valence-corrected chi connectivity index (χ0v) is 12.6. The molecule has 1 saturated heterocycles. The van der Waals surface area contributed by atoms with Crippen molar-refractivity contribution in [3.05, 3.63) is 53.8 Å². The van der Waals surface area contributed by atoms with E-state index in [1.165, 1.54) is 6.07 Å². The van der Waals surface area contributed by atoms with Gasteiger partial charge in [0.15, 0.2) is 5.72 Å². The van der Waals surface area contributed by atoms with E-state index in [1.807, 2.05) is 12.1 Å². The fourth-order valence-corrected chi connectivity index (χ4v) is 3.52. The van der Waals surface area contributed by atoms with Crippen LogP contribution in [0, 0.1) is 5.82 Å². The summed E-state index contributed by atoms with van der Waals surface area (Å²) in [6, 6.07) is 12.9. The second-order valence-corrected chi connectivity index (χ2v) is 6.01. The summed E-state index contributed by atoms with van der Waals surface area (Å²) in [4.78, 5) is 2.36. The Bertz CT molecular complexity index is 712. The number of fused-ring (bicyclic) bond motifs is 3. The van der Waals surface area contributed by atoms with E-state index < -0.39 is 5.72 Å². The lowest BCUT2D eigenvalue weighted by Gasteiger charge is -2.46.